The summed E-state index contributed by atoms with van der Waals surface area (Å²) in [6.45, 7) is 11.5. The van der Waals surface area contributed by atoms with Crippen LogP contribution < -0.4 is 4.74 Å². The lowest BCUT2D eigenvalue weighted by molar-refractivity contribution is -0.142. The fraction of sp³-hybridized carbons (Fsp3) is 0.550. The molecule has 0 spiro atoms. The van der Waals surface area contributed by atoms with Crippen molar-refractivity contribution in [3.8, 4) is 5.75 Å². The second-order valence-corrected chi connectivity index (χ2v) is 8.01. The fourth-order valence-corrected chi connectivity index (χ4v) is 3.37. The predicted molar refractivity (Wildman–Crippen MR) is 107 cm³/mol. The van der Waals surface area contributed by atoms with Crippen molar-refractivity contribution in [2.45, 2.75) is 64.6 Å². The van der Waals surface area contributed by atoms with Crippen molar-refractivity contribution in [1.29, 1.82) is 0 Å². The Balaban J connectivity index is 2.10. The zero-order valence-corrected chi connectivity index (χ0v) is 17.6. The molecule has 0 radical (unpaired) electrons. The van der Waals surface area contributed by atoms with Gasteiger partial charge < -0.3 is 14.0 Å². The van der Waals surface area contributed by atoms with Crippen molar-refractivity contribution in [1.82, 2.24) is 14.8 Å². The normalized spacial score (nSPS) is 12.2. The zero-order valence-electron chi connectivity index (χ0n) is 16.8. The van der Waals surface area contributed by atoms with Crippen LogP contribution in [0.4, 0.5) is 0 Å². The number of benzene rings is 1. The maximum atomic E-state index is 11.9. The Hall–Kier alpha value is -2.02. The third-order valence-corrected chi connectivity index (χ3v) is 5.00. The molecular formula is C20H29N3O3S. The van der Waals surface area contributed by atoms with Crippen LogP contribution in [0.3, 0.4) is 0 Å². The number of esters is 1. The van der Waals surface area contributed by atoms with Gasteiger partial charge in [-0.15, -0.1) is 10.2 Å². The monoisotopic (exact) mass is 391 g/mol. The van der Waals surface area contributed by atoms with E-state index in [2.05, 4.69) is 43.1 Å². The van der Waals surface area contributed by atoms with Gasteiger partial charge in [0.1, 0.15) is 17.6 Å². The molecule has 1 aromatic carbocycles. The average Bonchev–Trinajstić information content (AvgIpc) is 3.01. The molecule has 0 saturated heterocycles. The third-order valence-electron chi connectivity index (χ3n) is 3.94. The maximum Gasteiger partial charge on any atom is 0.319 e. The standard InChI is InChI=1S/C20H29N3O3S/c1-6-16-8-10-17(11-9-16)26-13-18-21-22-20(23(18)12-14(3)4)27-15(5)19(24)25-7-2/h8-11,14-15H,6-7,12-13H2,1-5H3. The molecule has 27 heavy (non-hydrogen) atoms. The second kappa shape index (κ2) is 10.3. The Kier molecular flexibility index (Phi) is 8.16. The van der Waals surface area contributed by atoms with Gasteiger partial charge in [0.05, 0.1) is 6.61 Å². The Morgan fingerprint density at radius 2 is 1.85 bits per heavy atom. The van der Waals surface area contributed by atoms with E-state index >= 15 is 0 Å². The van der Waals surface area contributed by atoms with E-state index in [1.807, 2.05) is 23.6 Å². The van der Waals surface area contributed by atoms with E-state index in [0.717, 1.165) is 24.5 Å². The molecular weight excluding hydrogens is 362 g/mol. The Morgan fingerprint density at radius 3 is 2.44 bits per heavy atom. The summed E-state index contributed by atoms with van der Waals surface area (Å²) >= 11 is 1.37. The lowest BCUT2D eigenvalue weighted by Crippen LogP contribution is -2.18. The van der Waals surface area contributed by atoms with Crippen LogP contribution in [0.5, 0.6) is 5.75 Å². The largest absolute Gasteiger partial charge is 0.486 e. The average molecular weight is 392 g/mol. The van der Waals surface area contributed by atoms with E-state index in [9.17, 15) is 4.79 Å². The molecule has 1 atom stereocenters. The van der Waals surface area contributed by atoms with Crippen molar-refractivity contribution in [2.75, 3.05) is 6.61 Å². The summed E-state index contributed by atoms with van der Waals surface area (Å²) in [4.78, 5) is 11.9. The summed E-state index contributed by atoms with van der Waals surface area (Å²) in [5.74, 6) is 1.73. The summed E-state index contributed by atoms with van der Waals surface area (Å²) in [6.07, 6.45) is 1.00. The summed E-state index contributed by atoms with van der Waals surface area (Å²) in [5, 5.41) is 8.95. The lowest BCUT2D eigenvalue weighted by atomic mass is 10.2. The van der Waals surface area contributed by atoms with Crippen LogP contribution in [-0.2, 0) is 29.1 Å². The van der Waals surface area contributed by atoms with Gasteiger partial charge in [-0.1, -0.05) is 44.7 Å². The number of carbonyl (C=O) groups is 1. The molecule has 0 aliphatic heterocycles. The quantitative estimate of drug-likeness (QED) is 0.448. The van der Waals surface area contributed by atoms with Crippen molar-refractivity contribution in [2.24, 2.45) is 5.92 Å². The van der Waals surface area contributed by atoms with Crippen LogP contribution in [0, 0.1) is 5.92 Å². The molecule has 0 amide bonds. The first-order valence-electron chi connectivity index (χ1n) is 9.41. The maximum absolute atomic E-state index is 11.9. The topological polar surface area (TPSA) is 66.2 Å². The minimum Gasteiger partial charge on any atom is -0.486 e. The van der Waals surface area contributed by atoms with Crippen molar-refractivity contribution < 1.29 is 14.3 Å². The number of hydrogen-bond acceptors (Lipinski definition) is 6. The van der Waals surface area contributed by atoms with Gasteiger partial charge in [-0.2, -0.15) is 0 Å². The van der Waals surface area contributed by atoms with Crippen LogP contribution in [0.1, 0.15) is 46.0 Å². The van der Waals surface area contributed by atoms with E-state index in [0.29, 0.717) is 24.3 Å². The molecule has 0 aliphatic rings. The summed E-state index contributed by atoms with van der Waals surface area (Å²) in [7, 11) is 0. The first-order valence-corrected chi connectivity index (χ1v) is 10.3. The van der Waals surface area contributed by atoms with Gasteiger partial charge in [0.2, 0.25) is 0 Å². The highest BCUT2D eigenvalue weighted by atomic mass is 32.2. The number of hydrogen-bond donors (Lipinski definition) is 0. The smallest absolute Gasteiger partial charge is 0.319 e. The van der Waals surface area contributed by atoms with Crippen LogP contribution in [0.15, 0.2) is 29.4 Å². The number of thioether (sulfide) groups is 1. The van der Waals surface area contributed by atoms with Gasteiger partial charge in [0, 0.05) is 6.54 Å². The highest BCUT2D eigenvalue weighted by molar-refractivity contribution is 8.00. The van der Waals surface area contributed by atoms with Crippen LogP contribution >= 0.6 is 11.8 Å². The Labute approximate surface area is 165 Å². The van der Waals surface area contributed by atoms with Gasteiger partial charge in [-0.25, -0.2) is 0 Å². The molecule has 0 aliphatic carbocycles. The number of aromatic nitrogens is 3. The molecule has 0 N–H and O–H groups in total. The van der Waals surface area contributed by atoms with Gasteiger partial charge in [-0.05, 0) is 43.9 Å². The summed E-state index contributed by atoms with van der Waals surface area (Å²) in [5.41, 5.74) is 1.27. The fourth-order valence-electron chi connectivity index (χ4n) is 2.50. The molecule has 1 heterocycles. The zero-order chi connectivity index (χ0) is 19.8. The predicted octanol–water partition coefficient (Wildman–Crippen LogP) is 4.12. The number of rotatable bonds is 10. The number of nitrogens with zero attached hydrogens (tertiary/aromatic N) is 3. The lowest BCUT2D eigenvalue weighted by Gasteiger charge is -2.15. The SMILES string of the molecule is CCOC(=O)C(C)Sc1nnc(COc2ccc(CC)cc2)n1CC(C)C. The van der Waals surface area contributed by atoms with E-state index < -0.39 is 0 Å². The molecule has 1 aromatic heterocycles. The van der Waals surface area contributed by atoms with E-state index in [1.165, 1.54) is 17.3 Å². The highest BCUT2D eigenvalue weighted by Crippen LogP contribution is 2.25. The molecule has 1 unspecified atom stereocenters. The van der Waals surface area contributed by atoms with Crippen molar-refractivity contribution in [3.63, 3.8) is 0 Å². The van der Waals surface area contributed by atoms with Gasteiger partial charge in [0.15, 0.2) is 11.0 Å². The van der Waals surface area contributed by atoms with Crippen molar-refractivity contribution >= 4 is 17.7 Å². The van der Waals surface area contributed by atoms with Gasteiger partial charge >= 0.3 is 5.97 Å². The molecule has 2 rings (SSSR count). The summed E-state index contributed by atoms with van der Waals surface area (Å²) < 4.78 is 13.0. The molecule has 7 heteroatoms. The highest BCUT2D eigenvalue weighted by Gasteiger charge is 2.21. The number of ether oxygens (including phenoxy) is 2. The molecule has 2 aromatic rings. The molecule has 0 bridgehead atoms. The molecule has 0 fully saturated rings. The molecule has 148 valence electrons. The van der Waals surface area contributed by atoms with Gasteiger partial charge in [0.25, 0.3) is 0 Å². The van der Waals surface area contributed by atoms with Crippen LogP contribution in [0.25, 0.3) is 0 Å². The third kappa shape index (κ3) is 6.27. The summed E-state index contributed by atoms with van der Waals surface area (Å²) in [6, 6.07) is 8.08. The minimum absolute atomic E-state index is 0.240. The van der Waals surface area contributed by atoms with E-state index in [-0.39, 0.29) is 11.2 Å². The molecule has 6 nitrogen and oxygen atoms in total. The van der Waals surface area contributed by atoms with E-state index in [4.69, 9.17) is 9.47 Å². The minimum atomic E-state index is -0.338. The Bertz CT molecular complexity index is 729. The number of aryl methyl sites for hydroxylation is 1. The van der Waals surface area contributed by atoms with E-state index in [1.54, 1.807) is 6.92 Å². The van der Waals surface area contributed by atoms with Crippen LogP contribution in [0.2, 0.25) is 0 Å². The molecule has 0 saturated carbocycles. The number of carbonyl (C=O) groups excluding carboxylic acids is 1. The second-order valence-electron chi connectivity index (χ2n) is 6.70. The van der Waals surface area contributed by atoms with Gasteiger partial charge in [-0.3, -0.25) is 4.79 Å². The Morgan fingerprint density at radius 1 is 1.15 bits per heavy atom. The van der Waals surface area contributed by atoms with Crippen LogP contribution in [-0.4, -0.2) is 32.6 Å². The van der Waals surface area contributed by atoms with Crippen molar-refractivity contribution in [3.05, 3.63) is 35.7 Å². The first-order chi connectivity index (χ1) is 12.9. The first kappa shape index (κ1) is 21.3.